The van der Waals surface area contributed by atoms with E-state index in [4.69, 9.17) is 0 Å². The highest BCUT2D eigenvalue weighted by atomic mass is 15.5. The van der Waals surface area contributed by atoms with Crippen LogP contribution in [-0.4, -0.2) is 16.9 Å². The maximum atomic E-state index is 4.53. The maximum absolute atomic E-state index is 4.53. The zero-order chi connectivity index (χ0) is 9.47. The molecule has 1 unspecified atom stereocenters. The summed E-state index contributed by atoms with van der Waals surface area (Å²) < 4.78 is 0. The number of hydrogen-bond acceptors (Lipinski definition) is 3. The minimum atomic E-state index is 0.123. The van der Waals surface area contributed by atoms with E-state index in [0.29, 0.717) is 0 Å². The van der Waals surface area contributed by atoms with E-state index < -0.39 is 0 Å². The molecule has 2 rings (SSSR count). The highest BCUT2D eigenvalue weighted by molar-refractivity contribution is 5.99. The van der Waals surface area contributed by atoms with Gasteiger partial charge in [0.1, 0.15) is 6.17 Å². The Morgan fingerprint density at radius 3 is 2.92 bits per heavy atom. The second kappa shape index (κ2) is 2.62. The van der Waals surface area contributed by atoms with Crippen LogP contribution in [0.5, 0.6) is 0 Å². The Morgan fingerprint density at radius 1 is 1.46 bits per heavy atom. The largest absolute Gasteiger partial charge is 0.365 e. The Kier molecular flexibility index (Phi) is 1.68. The van der Waals surface area contributed by atoms with Gasteiger partial charge in [0.15, 0.2) is 0 Å². The topological polar surface area (TPSA) is 27.6 Å². The molecule has 0 spiro atoms. The van der Waals surface area contributed by atoms with Crippen LogP contribution >= 0.6 is 0 Å². The minimum absolute atomic E-state index is 0.123. The van der Waals surface area contributed by atoms with Gasteiger partial charge in [-0.1, -0.05) is 20.8 Å². The maximum Gasteiger partial charge on any atom is 0.139 e. The van der Waals surface area contributed by atoms with Gasteiger partial charge in [0.25, 0.3) is 0 Å². The molecule has 0 fully saturated rings. The van der Waals surface area contributed by atoms with Crippen molar-refractivity contribution in [1.82, 2.24) is 10.3 Å². The number of nitrogens with one attached hydrogen (secondary N) is 1. The Bertz CT molecular complexity index is 294. The molecule has 1 N–H and O–H groups in total. The zero-order valence-corrected chi connectivity index (χ0v) is 8.28. The predicted molar refractivity (Wildman–Crippen MR) is 53.9 cm³/mol. The lowest BCUT2D eigenvalue weighted by Gasteiger charge is -2.27. The van der Waals surface area contributed by atoms with Gasteiger partial charge < -0.3 is 5.32 Å². The van der Waals surface area contributed by atoms with E-state index >= 15 is 0 Å². The SMILES string of the molecule is CC(C)(C)C1=NN2C=CNC2C=C1. The third-order valence-electron chi connectivity index (χ3n) is 2.21. The fourth-order valence-corrected chi connectivity index (χ4v) is 1.37. The molecule has 0 bridgehead atoms. The Hall–Kier alpha value is -1.25. The molecule has 0 amide bonds. The number of fused-ring (bicyclic) bond motifs is 1. The molecule has 0 aromatic carbocycles. The van der Waals surface area contributed by atoms with Crippen molar-refractivity contribution in [3.63, 3.8) is 0 Å². The average molecular weight is 177 g/mol. The van der Waals surface area contributed by atoms with Gasteiger partial charge in [-0.3, -0.25) is 0 Å². The van der Waals surface area contributed by atoms with Crippen LogP contribution < -0.4 is 5.32 Å². The summed E-state index contributed by atoms with van der Waals surface area (Å²) in [6.45, 7) is 6.51. The van der Waals surface area contributed by atoms with Crippen molar-refractivity contribution in [2.24, 2.45) is 10.5 Å². The van der Waals surface area contributed by atoms with E-state index in [1.807, 2.05) is 17.4 Å². The van der Waals surface area contributed by atoms with Gasteiger partial charge in [-0.25, -0.2) is 5.01 Å². The summed E-state index contributed by atoms with van der Waals surface area (Å²) in [6.07, 6.45) is 8.34. The van der Waals surface area contributed by atoms with Gasteiger partial charge in [-0.15, -0.1) is 0 Å². The summed E-state index contributed by atoms with van der Waals surface area (Å²) in [7, 11) is 0. The molecule has 1 atom stereocenters. The normalized spacial score (nSPS) is 25.6. The summed E-state index contributed by atoms with van der Waals surface area (Å²) in [5.41, 5.74) is 1.25. The molecule has 13 heavy (non-hydrogen) atoms. The van der Waals surface area contributed by atoms with E-state index in [-0.39, 0.29) is 11.6 Å². The van der Waals surface area contributed by atoms with Crippen LogP contribution in [0.3, 0.4) is 0 Å². The molecule has 2 aliphatic heterocycles. The molecular weight excluding hydrogens is 162 g/mol. The second-order valence-electron chi connectivity index (χ2n) is 4.40. The smallest absolute Gasteiger partial charge is 0.139 e. The van der Waals surface area contributed by atoms with Crippen molar-refractivity contribution >= 4 is 5.71 Å². The number of hydrogen-bond donors (Lipinski definition) is 1. The third-order valence-corrected chi connectivity index (χ3v) is 2.21. The van der Waals surface area contributed by atoms with Crippen LogP contribution in [0.15, 0.2) is 29.7 Å². The standard InChI is InChI=1S/C10H15N3/c1-10(2,3)8-4-5-9-11-6-7-13(9)12-8/h4-7,9,11H,1-3H3. The molecule has 3 nitrogen and oxygen atoms in total. The minimum Gasteiger partial charge on any atom is -0.365 e. The quantitative estimate of drug-likeness (QED) is 0.609. The number of allylic oxidation sites excluding steroid dienone is 1. The molecule has 0 aromatic rings. The molecule has 0 saturated heterocycles. The molecule has 0 saturated carbocycles. The van der Waals surface area contributed by atoms with Crippen LogP contribution in [-0.2, 0) is 0 Å². The van der Waals surface area contributed by atoms with E-state index in [1.54, 1.807) is 0 Å². The first-order valence-electron chi connectivity index (χ1n) is 4.56. The summed E-state index contributed by atoms with van der Waals surface area (Å²) in [5, 5.41) is 9.66. The molecule has 2 aliphatic rings. The van der Waals surface area contributed by atoms with Crippen LogP contribution in [0.4, 0.5) is 0 Å². The summed E-state index contributed by atoms with van der Waals surface area (Å²) in [4.78, 5) is 0. The van der Waals surface area contributed by atoms with Gasteiger partial charge in [-0.05, 0) is 12.2 Å². The van der Waals surface area contributed by atoms with Gasteiger partial charge in [0, 0.05) is 17.8 Å². The van der Waals surface area contributed by atoms with Gasteiger partial charge >= 0.3 is 0 Å². The van der Waals surface area contributed by atoms with E-state index in [1.165, 1.54) is 0 Å². The Morgan fingerprint density at radius 2 is 2.23 bits per heavy atom. The van der Waals surface area contributed by atoms with Crippen LogP contribution in [0.2, 0.25) is 0 Å². The van der Waals surface area contributed by atoms with Crippen molar-refractivity contribution in [2.45, 2.75) is 26.9 Å². The lowest BCUT2D eigenvalue weighted by atomic mass is 9.89. The van der Waals surface area contributed by atoms with Crippen LogP contribution in [0, 0.1) is 5.41 Å². The van der Waals surface area contributed by atoms with Crippen molar-refractivity contribution in [3.8, 4) is 0 Å². The molecule has 3 heteroatoms. The van der Waals surface area contributed by atoms with Crippen molar-refractivity contribution in [3.05, 3.63) is 24.6 Å². The summed E-state index contributed by atoms with van der Waals surface area (Å²) in [6, 6.07) is 0. The van der Waals surface area contributed by atoms with Gasteiger partial charge in [0.2, 0.25) is 0 Å². The lowest BCUT2D eigenvalue weighted by Crippen LogP contribution is -2.35. The second-order valence-corrected chi connectivity index (χ2v) is 4.40. The monoisotopic (exact) mass is 177 g/mol. The number of rotatable bonds is 0. The van der Waals surface area contributed by atoms with E-state index in [9.17, 15) is 0 Å². The summed E-state index contributed by atoms with van der Waals surface area (Å²) >= 11 is 0. The summed E-state index contributed by atoms with van der Waals surface area (Å²) in [5.74, 6) is 0. The fourth-order valence-electron chi connectivity index (χ4n) is 1.37. The third kappa shape index (κ3) is 1.46. The molecular formula is C10H15N3. The van der Waals surface area contributed by atoms with E-state index in [0.717, 1.165) is 5.71 Å². The lowest BCUT2D eigenvalue weighted by molar-refractivity contribution is 0.331. The molecule has 0 radical (unpaired) electrons. The number of nitrogens with zero attached hydrogens (tertiary/aromatic N) is 2. The zero-order valence-electron chi connectivity index (χ0n) is 8.28. The molecule has 0 aliphatic carbocycles. The van der Waals surface area contributed by atoms with Crippen LogP contribution in [0.25, 0.3) is 0 Å². The van der Waals surface area contributed by atoms with Gasteiger partial charge in [0.05, 0.1) is 5.71 Å². The molecule has 0 aromatic heterocycles. The van der Waals surface area contributed by atoms with Gasteiger partial charge in [-0.2, -0.15) is 5.10 Å². The Balaban J connectivity index is 2.24. The highest BCUT2D eigenvalue weighted by Gasteiger charge is 2.24. The van der Waals surface area contributed by atoms with Crippen molar-refractivity contribution in [1.29, 1.82) is 0 Å². The highest BCUT2D eigenvalue weighted by Crippen LogP contribution is 2.22. The predicted octanol–water partition coefficient (Wildman–Crippen LogP) is 1.66. The molecule has 2 heterocycles. The fraction of sp³-hybridized carbons (Fsp3) is 0.500. The average Bonchev–Trinajstić information content (AvgIpc) is 2.47. The Labute approximate surface area is 78.8 Å². The van der Waals surface area contributed by atoms with Crippen molar-refractivity contribution < 1.29 is 0 Å². The van der Waals surface area contributed by atoms with E-state index in [2.05, 4.69) is 43.3 Å². The first-order chi connectivity index (χ1) is 6.07. The number of hydrazone groups is 1. The van der Waals surface area contributed by atoms with Crippen LogP contribution in [0.1, 0.15) is 20.8 Å². The first kappa shape index (κ1) is 8.35. The van der Waals surface area contributed by atoms with Crippen molar-refractivity contribution in [2.75, 3.05) is 0 Å². The molecule has 70 valence electrons. The first-order valence-corrected chi connectivity index (χ1v) is 4.56.